The number of aromatic amines is 1. The molecule has 1 saturated carbocycles. The van der Waals surface area contributed by atoms with Gasteiger partial charge in [-0.25, -0.2) is 9.50 Å². The maximum absolute atomic E-state index is 12.2. The van der Waals surface area contributed by atoms with Crippen LogP contribution in [0.15, 0.2) is 29.1 Å². The van der Waals surface area contributed by atoms with Gasteiger partial charge in [-0.05, 0) is 36.3 Å². The number of hydrogen-bond donors (Lipinski definition) is 2. The van der Waals surface area contributed by atoms with E-state index >= 15 is 0 Å². The molecule has 4 rings (SSSR count). The van der Waals surface area contributed by atoms with Crippen LogP contribution in [0.2, 0.25) is 0 Å². The maximum Gasteiger partial charge on any atom is 0.277 e. The molecule has 1 atom stereocenters. The summed E-state index contributed by atoms with van der Waals surface area (Å²) in [7, 11) is 0. The maximum atomic E-state index is 12.2. The average Bonchev–Trinajstić information content (AvgIpc) is 3.24. The van der Waals surface area contributed by atoms with Gasteiger partial charge in [0.15, 0.2) is 5.52 Å². The first-order chi connectivity index (χ1) is 11.9. The van der Waals surface area contributed by atoms with Crippen molar-refractivity contribution in [2.75, 3.05) is 0 Å². The van der Waals surface area contributed by atoms with E-state index in [9.17, 15) is 9.90 Å². The number of imidazole rings is 1. The van der Waals surface area contributed by atoms with Crippen LogP contribution in [0.3, 0.4) is 0 Å². The monoisotopic (exact) mass is 338 g/mol. The minimum absolute atomic E-state index is 0.0393. The topological polar surface area (TPSA) is 83.3 Å². The van der Waals surface area contributed by atoms with Crippen molar-refractivity contribution in [2.24, 2.45) is 0 Å². The fraction of sp³-hybridized carbons (Fsp3) is 0.421. The molecular formula is C19H22N4O2. The Kier molecular flexibility index (Phi) is 3.54. The van der Waals surface area contributed by atoms with Crippen LogP contribution in [0.4, 0.5) is 0 Å². The molecule has 0 aliphatic heterocycles. The van der Waals surface area contributed by atoms with E-state index in [0.29, 0.717) is 28.3 Å². The van der Waals surface area contributed by atoms with Gasteiger partial charge in [0.1, 0.15) is 11.6 Å². The van der Waals surface area contributed by atoms with Gasteiger partial charge < -0.3 is 10.1 Å². The zero-order valence-electron chi connectivity index (χ0n) is 14.7. The Morgan fingerprint density at radius 3 is 2.60 bits per heavy atom. The van der Waals surface area contributed by atoms with Crippen molar-refractivity contribution in [1.82, 2.24) is 19.6 Å². The third-order valence-electron chi connectivity index (χ3n) is 5.36. The van der Waals surface area contributed by atoms with Gasteiger partial charge in [-0.15, -0.1) is 0 Å². The zero-order chi connectivity index (χ0) is 17.8. The van der Waals surface area contributed by atoms with Gasteiger partial charge in [-0.1, -0.05) is 38.1 Å². The van der Waals surface area contributed by atoms with Crippen molar-refractivity contribution >= 4 is 5.52 Å². The van der Waals surface area contributed by atoms with Gasteiger partial charge in [0.05, 0.1) is 12.3 Å². The van der Waals surface area contributed by atoms with Crippen molar-refractivity contribution < 1.29 is 5.11 Å². The van der Waals surface area contributed by atoms with Crippen LogP contribution in [0.5, 0.6) is 0 Å². The number of aryl methyl sites for hydroxylation is 1. The predicted molar refractivity (Wildman–Crippen MR) is 94.8 cm³/mol. The van der Waals surface area contributed by atoms with E-state index in [4.69, 9.17) is 0 Å². The average molecular weight is 338 g/mol. The van der Waals surface area contributed by atoms with Crippen molar-refractivity contribution in [3.05, 3.63) is 63.1 Å². The SMILES string of the molecule is Cc1nn2c(C(C)c3ccc(C4(C)CC4)cc3)nc(CO)c2c(=O)[nH]1. The molecule has 3 aromatic rings. The lowest BCUT2D eigenvalue weighted by atomic mass is 9.93. The number of nitrogens with zero attached hydrogens (tertiary/aromatic N) is 3. The fourth-order valence-corrected chi connectivity index (χ4v) is 3.39. The highest BCUT2D eigenvalue weighted by Gasteiger charge is 2.38. The second kappa shape index (κ2) is 5.52. The Morgan fingerprint density at radius 2 is 2.00 bits per heavy atom. The molecule has 0 spiro atoms. The summed E-state index contributed by atoms with van der Waals surface area (Å²) in [6, 6.07) is 8.63. The van der Waals surface area contributed by atoms with Crippen LogP contribution >= 0.6 is 0 Å². The first-order valence-electron chi connectivity index (χ1n) is 8.63. The number of aromatic nitrogens is 4. The smallest absolute Gasteiger partial charge is 0.277 e. The van der Waals surface area contributed by atoms with E-state index in [-0.39, 0.29) is 18.1 Å². The van der Waals surface area contributed by atoms with Gasteiger partial charge in [0.25, 0.3) is 5.56 Å². The first-order valence-corrected chi connectivity index (χ1v) is 8.63. The minimum atomic E-state index is -0.290. The molecule has 25 heavy (non-hydrogen) atoms. The van der Waals surface area contributed by atoms with Crippen molar-refractivity contribution in [3.8, 4) is 0 Å². The van der Waals surface area contributed by atoms with E-state index in [0.717, 1.165) is 5.56 Å². The van der Waals surface area contributed by atoms with Crippen molar-refractivity contribution in [3.63, 3.8) is 0 Å². The molecule has 2 aromatic heterocycles. The second-order valence-electron chi connectivity index (χ2n) is 7.28. The van der Waals surface area contributed by atoms with Crippen LogP contribution in [0.25, 0.3) is 5.52 Å². The molecule has 1 aliphatic rings. The van der Waals surface area contributed by atoms with E-state index in [1.54, 1.807) is 11.4 Å². The van der Waals surface area contributed by atoms with Crippen molar-refractivity contribution in [2.45, 2.75) is 51.6 Å². The summed E-state index contributed by atoms with van der Waals surface area (Å²) in [6.07, 6.45) is 2.50. The zero-order valence-corrected chi connectivity index (χ0v) is 14.7. The molecule has 1 fully saturated rings. The van der Waals surface area contributed by atoms with E-state index in [2.05, 4.69) is 46.3 Å². The summed E-state index contributed by atoms with van der Waals surface area (Å²) in [5.74, 6) is 1.14. The molecule has 6 heteroatoms. The van der Waals surface area contributed by atoms with Crippen LogP contribution in [0.1, 0.15) is 61.1 Å². The molecular weight excluding hydrogens is 316 g/mol. The molecule has 6 nitrogen and oxygen atoms in total. The lowest BCUT2D eigenvalue weighted by molar-refractivity contribution is 0.278. The standard InChI is InChI=1S/C19H22N4O2/c1-11(13-4-6-14(7-5-13)19(3)8-9-19)17-21-15(10-24)16-18(25)20-12(2)22-23(16)17/h4-7,11,24H,8-10H2,1-3H3,(H,20,22,25). The summed E-state index contributed by atoms with van der Waals surface area (Å²) < 4.78 is 1.57. The number of fused-ring (bicyclic) bond motifs is 1. The quantitative estimate of drug-likeness (QED) is 0.765. The number of nitrogens with one attached hydrogen (secondary N) is 1. The first kappa shape index (κ1) is 16.0. The molecule has 0 amide bonds. The molecule has 2 N–H and O–H groups in total. The Morgan fingerprint density at radius 1 is 1.32 bits per heavy atom. The van der Waals surface area contributed by atoms with Crippen LogP contribution in [-0.4, -0.2) is 24.7 Å². The fourth-order valence-electron chi connectivity index (χ4n) is 3.39. The summed E-state index contributed by atoms with van der Waals surface area (Å²) in [5.41, 5.74) is 3.23. The molecule has 0 bridgehead atoms. The highest BCUT2D eigenvalue weighted by Crippen LogP contribution is 2.47. The molecule has 1 unspecified atom stereocenters. The van der Waals surface area contributed by atoms with Crippen LogP contribution in [0, 0.1) is 6.92 Å². The van der Waals surface area contributed by atoms with Gasteiger partial charge in [0, 0.05) is 5.92 Å². The number of benzene rings is 1. The van der Waals surface area contributed by atoms with E-state index in [1.165, 1.54) is 18.4 Å². The van der Waals surface area contributed by atoms with E-state index < -0.39 is 0 Å². The normalized spacial score (nSPS) is 17.0. The molecule has 130 valence electrons. The molecule has 0 radical (unpaired) electrons. The number of aliphatic hydroxyl groups excluding tert-OH is 1. The highest BCUT2D eigenvalue weighted by atomic mass is 16.3. The predicted octanol–water partition coefficient (Wildman–Crippen LogP) is 2.42. The number of aliphatic hydroxyl groups is 1. The summed E-state index contributed by atoms with van der Waals surface area (Å²) >= 11 is 0. The van der Waals surface area contributed by atoms with Gasteiger partial charge in [-0.2, -0.15) is 5.10 Å². The second-order valence-corrected chi connectivity index (χ2v) is 7.28. The lowest BCUT2D eigenvalue weighted by Gasteiger charge is -2.13. The highest BCUT2D eigenvalue weighted by molar-refractivity contribution is 5.51. The van der Waals surface area contributed by atoms with Crippen LogP contribution < -0.4 is 5.56 Å². The Balaban J connectivity index is 1.79. The van der Waals surface area contributed by atoms with Crippen LogP contribution in [-0.2, 0) is 12.0 Å². The molecule has 0 saturated heterocycles. The summed E-state index contributed by atoms with van der Waals surface area (Å²) in [4.78, 5) is 19.4. The number of hydrogen-bond acceptors (Lipinski definition) is 4. The van der Waals surface area contributed by atoms with Gasteiger partial charge in [0.2, 0.25) is 0 Å². The number of H-pyrrole nitrogens is 1. The number of rotatable bonds is 4. The largest absolute Gasteiger partial charge is 0.390 e. The third-order valence-corrected chi connectivity index (χ3v) is 5.36. The summed E-state index contributed by atoms with van der Waals surface area (Å²) in [5, 5.41) is 14.0. The molecule has 1 aromatic carbocycles. The molecule has 2 heterocycles. The Hall–Kier alpha value is -2.47. The molecule has 1 aliphatic carbocycles. The van der Waals surface area contributed by atoms with E-state index in [1.807, 2.05) is 6.92 Å². The van der Waals surface area contributed by atoms with Crippen molar-refractivity contribution in [1.29, 1.82) is 0 Å². The lowest BCUT2D eigenvalue weighted by Crippen LogP contribution is -2.16. The Bertz CT molecular complexity index is 997. The minimum Gasteiger partial charge on any atom is -0.390 e. The van der Waals surface area contributed by atoms with Gasteiger partial charge >= 0.3 is 0 Å². The van der Waals surface area contributed by atoms with Gasteiger partial charge in [-0.3, -0.25) is 4.79 Å². The Labute approximate surface area is 145 Å². The third kappa shape index (κ3) is 2.57. The summed E-state index contributed by atoms with van der Waals surface area (Å²) in [6.45, 7) is 5.78.